The topological polar surface area (TPSA) is 41.0 Å². The molecule has 0 amide bonds. The molecule has 4 heteroatoms. The van der Waals surface area contributed by atoms with Crippen LogP contribution in [0.3, 0.4) is 0 Å². The summed E-state index contributed by atoms with van der Waals surface area (Å²) in [6.45, 7) is 6.15. The third kappa shape index (κ3) is 2.95. The number of aromatic amines is 1. The molecule has 0 aliphatic heterocycles. The van der Waals surface area contributed by atoms with E-state index in [1.54, 1.807) is 6.20 Å². The van der Waals surface area contributed by atoms with E-state index in [2.05, 4.69) is 26.3 Å². The number of imidazole rings is 1. The summed E-state index contributed by atoms with van der Waals surface area (Å²) in [5, 5.41) is 0. The Morgan fingerprint density at radius 3 is 3.14 bits per heavy atom. The molecular formula is C10H13BiN3. The fraction of sp³-hybridized carbons (Fsp3) is 0.300. The number of nitrogens with zero attached hydrogens (tertiary/aromatic N) is 2. The maximum absolute atomic E-state index is 4.24. The summed E-state index contributed by atoms with van der Waals surface area (Å²) in [5.74, 6) is 1.26. The van der Waals surface area contributed by atoms with Crippen molar-refractivity contribution in [1.29, 1.82) is 0 Å². The number of hydrogen-bond donors (Lipinski definition) is 1. The third-order valence-electron chi connectivity index (χ3n) is 2.06. The van der Waals surface area contributed by atoms with Crippen molar-refractivity contribution in [3.8, 4) is 0 Å². The van der Waals surface area contributed by atoms with Crippen molar-refractivity contribution in [2.45, 2.75) is 19.3 Å². The summed E-state index contributed by atoms with van der Waals surface area (Å²) >= 11 is 1.02. The maximum atomic E-state index is 4.24. The van der Waals surface area contributed by atoms with Gasteiger partial charge >= 0.3 is 99.3 Å². The van der Waals surface area contributed by atoms with Gasteiger partial charge in [-0.25, -0.2) is 0 Å². The first-order valence-corrected chi connectivity index (χ1v) is 6.04. The van der Waals surface area contributed by atoms with E-state index >= 15 is 0 Å². The molecule has 14 heavy (non-hydrogen) atoms. The first-order valence-electron chi connectivity index (χ1n) is 4.48. The molecule has 1 aromatic heterocycles. The van der Waals surface area contributed by atoms with Crippen LogP contribution in [0.5, 0.6) is 0 Å². The second-order valence-corrected chi connectivity index (χ2v) is 3.84. The molecule has 0 aliphatic rings. The van der Waals surface area contributed by atoms with Crippen molar-refractivity contribution in [1.82, 2.24) is 9.97 Å². The predicted molar refractivity (Wildman–Crippen MR) is 58.1 cm³/mol. The normalized spacial score (nSPS) is 12.9. The molecule has 0 aliphatic carbocycles. The van der Waals surface area contributed by atoms with E-state index in [0.717, 1.165) is 42.4 Å². The van der Waals surface area contributed by atoms with Crippen molar-refractivity contribution >= 4 is 24.6 Å². The summed E-state index contributed by atoms with van der Waals surface area (Å²) in [6.07, 6.45) is 8.36. The molecule has 0 saturated carbocycles. The Labute approximate surface area is 99.1 Å². The van der Waals surface area contributed by atoms with E-state index in [4.69, 9.17) is 0 Å². The van der Waals surface area contributed by atoms with E-state index in [9.17, 15) is 0 Å². The average Bonchev–Trinajstić information content (AvgIpc) is 2.69. The average molecular weight is 384 g/mol. The van der Waals surface area contributed by atoms with Crippen molar-refractivity contribution in [2.75, 3.05) is 0 Å². The summed E-state index contributed by atoms with van der Waals surface area (Å²) < 4.78 is 4.01. The molecule has 0 saturated heterocycles. The second-order valence-electron chi connectivity index (χ2n) is 2.94. The van der Waals surface area contributed by atoms with Gasteiger partial charge in [-0.05, 0) is 0 Å². The van der Waals surface area contributed by atoms with Crippen LogP contribution in [0.1, 0.15) is 25.1 Å². The molecule has 1 aromatic rings. The number of rotatable bonds is 5. The van der Waals surface area contributed by atoms with Crippen LogP contribution in [-0.4, -0.2) is 34.5 Å². The molecule has 0 fully saturated rings. The van der Waals surface area contributed by atoms with Gasteiger partial charge in [0.1, 0.15) is 0 Å². The molecule has 1 atom stereocenters. The van der Waals surface area contributed by atoms with Crippen LogP contribution in [-0.2, 0) is 0 Å². The van der Waals surface area contributed by atoms with Gasteiger partial charge in [-0.2, -0.15) is 0 Å². The minimum atomic E-state index is 0.279. The van der Waals surface area contributed by atoms with E-state index in [-0.39, 0.29) is 5.92 Å². The summed E-state index contributed by atoms with van der Waals surface area (Å²) in [4.78, 5) is 7.36. The van der Waals surface area contributed by atoms with Crippen LogP contribution in [0, 0.1) is 0 Å². The van der Waals surface area contributed by atoms with Gasteiger partial charge in [0.2, 0.25) is 0 Å². The number of hydrogen-bond acceptors (Lipinski definition) is 2. The molecule has 0 bridgehead atoms. The predicted octanol–water partition coefficient (Wildman–Crippen LogP) is 2.33. The fourth-order valence-electron chi connectivity index (χ4n) is 1.34. The number of allylic oxidation sites excluding steroid dienone is 2. The molecule has 1 unspecified atom stereocenters. The molecule has 3 nitrogen and oxygen atoms in total. The Hall–Kier alpha value is -0.627. The number of aromatic nitrogens is 2. The molecular weight excluding hydrogens is 371 g/mol. The van der Waals surface area contributed by atoms with Crippen LogP contribution in [0.15, 0.2) is 39.7 Å². The van der Waals surface area contributed by atoms with E-state index in [1.807, 2.05) is 18.5 Å². The Kier molecular flexibility index (Phi) is 4.88. The van der Waals surface area contributed by atoms with Gasteiger partial charge in [-0.1, -0.05) is 0 Å². The van der Waals surface area contributed by atoms with Crippen molar-refractivity contribution < 1.29 is 0 Å². The van der Waals surface area contributed by atoms with Crippen molar-refractivity contribution in [3.05, 3.63) is 42.6 Å². The van der Waals surface area contributed by atoms with Crippen molar-refractivity contribution in [3.63, 3.8) is 0 Å². The second kappa shape index (κ2) is 5.97. The van der Waals surface area contributed by atoms with Crippen LogP contribution in [0.2, 0.25) is 0 Å². The SMILES string of the molecule is C=C(C=C[N]=[Bi])C(CC)c1ncc[nH]1. The van der Waals surface area contributed by atoms with Gasteiger partial charge in [0.15, 0.2) is 0 Å². The fourth-order valence-corrected chi connectivity index (χ4v) is 1.60. The molecule has 1 rings (SSSR count). The molecule has 0 aromatic carbocycles. The summed E-state index contributed by atoms with van der Waals surface area (Å²) in [5.41, 5.74) is 1.05. The zero-order valence-corrected chi connectivity index (χ0v) is 11.6. The Bertz CT molecular complexity index is 327. The Morgan fingerprint density at radius 1 is 1.86 bits per heavy atom. The third-order valence-corrected chi connectivity index (χ3v) is 2.58. The zero-order valence-electron chi connectivity index (χ0n) is 8.14. The quantitative estimate of drug-likeness (QED) is 0.615. The van der Waals surface area contributed by atoms with Crippen molar-refractivity contribution in [2.24, 2.45) is 2.87 Å². The molecule has 1 radical (unpaired) electrons. The first-order chi connectivity index (χ1) is 6.79. The number of nitrogens with one attached hydrogen (secondary N) is 1. The van der Waals surface area contributed by atoms with Gasteiger partial charge in [0.25, 0.3) is 0 Å². The number of H-pyrrole nitrogens is 1. The van der Waals surface area contributed by atoms with Gasteiger partial charge in [0.05, 0.1) is 0 Å². The van der Waals surface area contributed by atoms with Gasteiger partial charge < -0.3 is 0 Å². The molecule has 73 valence electrons. The molecule has 0 spiro atoms. The van der Waals surface area contributed by atoms with Gasteiger partial charge in [0, 0.05) is 0 Å². The van der Waals surface area contributed by atoms with Crippen LogP contribution < -0.4 is 0 Å². The molecule has 1 N–H and O–H groups in total. The molecule has 1 heterocycles. The van der Waals surface area contributed by atoms with E-state index in [0.29, 0.717) is 0 Å². The monoisotopic (exact) mass is 384 g/mol. The Balaban J connectivity index is 2.77. The summed E-state index contributed by atoms with van der Waals surface area (Å²) in [7, 11) is 0. The Morgan fingerprint density at radius 2 is 2.64 bits per heavy atom. The van der Waals surface area contributed by atoms with E-state index in [1.165, 1.54) is 0 Å². The van der Waals surface area contributed by atoms with Crippen LogP contribution in [0.4, 0.5) is 0 Å². The van der Waals surface area contributed by atoms with Gasteiger partial charge in [-0.15, -0.1) is 0 Å². The zero-order chi connectivity index (χ0) is 10.4. The van der Waals surface area contributed by atoms with Crippen LogP contribution in [0.25, 0.3) is 0 Å². The minimum absolute atomic E-state index is 0.279. The summed E-state index contributed by atoms with van der Waals surface area (Å²) in [6, 6.07) is 0. The standard InChI is InChI=1S/C10H13N3.Bi/c1-3-9(8(2)4-5-11)10-12-6-7-13-10;/h4-7,9H,2-3H2,1H3,(H,12,13);. The van der Waals surface area contributed by atoms with E-state index < -0.39 is 0 Å². The van der Waals surface area contributed by atoms with Crippen LogP contribution >= 0.6 is 0 Å². The van der Waals surface area contributed by atoms with Gasteiger partial charge in [-0.3, -0.25) is 0 Å². The first kappa shape index (κ1) is 11.4.